The Morgan fingerprint density at radius 3 is 2.81 bits per heavy atom. The smallest absolute Gasteiger partial charge is 0.216 e. The average Bonchev–Trinajstić information content (AvgIpc) is 2.89. The molecule has 1 aliphatic rings. The first-order valence-corrected chi connectivity index (χ1v) is 9.36. The van der Waals surface area contributed by atoms with Gasteiger partial charge in [0.2, 0.25) is 5.88 Å². The fourth-order valence-corrected chi connectivity index (χ4v) is 3.59. The van der Waals surface area contributed by atoms with Crippen LogP contribution in [0.4, 0.5) is 0 Å². The molecular weight excluding hydrogens is 340 g/mol. The number of pyridine rings is 2. The summed E-state index contributed by atoms with van der Waals surface area (Å²) in [6.45, 7) is 5.54. The predicted octanol–water partition coefficient (Wildman–Crippen LogP) is 3.32. The molecule has 0 atom stereocenters. The van der Waals surface area contributed by atoms with Gasteiger partial charge in [-0.1, -0.05) is 6.92 Å². The van der Waals surface area contributed by atoms with Crippen molar-refractivity contribution in [3.63, 3.8) is 0 Å². The van der Waals surface area contributed by atoms with Crippen molar-refractivity contribution >= 4 is 0 Å². The van der Waals surface area contributed by atoms with Crippen LogP contribution < -0.4 is 4.74 Å². The predicted molar refractivity (Wildman–Crippen MR) is 103 cm³/mol. The highest BCUT2D eigenvalue weighted by Crippen LogP contribution is 2.30. The van der Waals surface area contributed by atoms with Crippen molar-refractivity contribution in [1.29, 1.82) is 0 Å². The molecule has 0 aliphatic carbocycles. The number of methoxy groups -OCH3 is 1. The van der Waals surface area contributed by atoms with Gasteiger partial charge in [-0.25, -0.2) is 9.67 Å². The van der Waals surface area contributed by atoms with E-state index in [-0.39, 0.29) is 0 Å². The molecule has 0 fully saturated rings. The molecular formula is C21H24N4O2. The first-order chi connectivity index (χ1) is 13.2. The fourth-order valence-electron chi connectivity index (χ4n) is 3.59. The summed E-state index contributed by atoms with van der Waals surface area (Å²) in [4.78, 5) is 8.86. The Morgan fingerprint density at radius 1 is 1.19 bits per heavy atom. The SMILES string of the molecule is CCc1cc(-c2nn(-c3cnc(OC)c(C)c3)c3c2CCOCC3)ccn1. The van der Waals surface area contributed by atoms with Crippen LogP contribution in [0.5, 0.6) is 5.88 Å². The summed E-state index contributed by atoms with van der Waals surface area (Å²) in [6, 6.07) is 6.24. The number of rotatable bonds is 4. The van der Waals surface area contributed by atoms with E-state index in [2.05, 4.69) is 29.0 Å². The molecule has 6 heteroatoms. The minimum Gasteiger partial charge on any atom is -0.481 e. The van der Waals surface area contributed by atoms with E-state index in [1.54, 1.807) is 7.11 Å². The van der Waals surface area contributed by atoms with E-state index < -0.39 is 0 Å². The van der Waals surface area contributed by atoms with Crippen molar-refractivity contribution < 1.29 is 9.47 Å². The number of aromatic nitrogens is 4. The molecule has 6 nitrogen and oxygen atoms in total. The van der Waals surface area contributed by atoms with Crippen molar-refractivity contribution in [3.8, 4) is 22.8 Å². The van der Waals surface area contributed by atoms with Crippen molar-refractivity contribution in [2.24, 2.45) is 0 Å². The minimum atomic E-state index is 0.641. The minimum absolute atomic E-state index is 0.641. The molecule has 0 saturated carbocycles. The normalized spacial score (nSPS) is 13.9. The molecule has 0 unspecified atom stereocenters. The molecule has 0 N–H and O–H groups in total. The van der Waals surface area contributed by atoms with Gasteiger partial charge in [-0.05, 0) is 38.0 Å². The highest BCUT2D eigenvalue weighted by Gasteiger charge is 2.22. The van der Waals surface area contributed by atoms with Crippen LogP contribution in [-0.4, -0.2) is 40.1 Å². The zero-order chi connectivity index (χ0) is 18.8. The number of hydrogen-bond acceptors (Lipinski definition) is 5. The van der Waals surface area contributed by atoms with Gasteiger partial charge in [-0.3, -0.25) is 4.98 Å². The van der Waals surface area contributed by atoms with Crippen molar-refractivity contribution in [3.05, 3.63) is 53.1 Å². The molecule has 0 bridgehead atoms. The molecule has 4 rings (SSSR count). The first kappa shape index (κ1) is 17.7. The Labute approximate surface area is 159 Å². The van der Waals surface area contributed by atoms with Crippen molar-refractivity contribution in [2.75, 3.05) is 20.3 Å². The number of nitrogens with zero attached hydrogens (tertiary/aromatic N) is 4. The third kappa shape index (κ3) is 3.32. The summed E-state index contributed by atoms with van der Waals surface area (Å²) in [5, 5.41) is 5.00. The lowest BCUT2D eigenvalue weighted by molar-refractivity contribution is 0.145. The van der Waals surface area contributed by atoms with E-state index in [0.29, 0.717) is 12.5 Å². The maximum Gasteiger partial charge on any atom is 0.216 e. The molecule has 140 valence electrons. The Balaban J connectivity index is 1.87. The second-order valence-electron chi connectivity index (χ2n) is 6.71. The lowest BCUT2D eigenvalue weighted by Crippen LogP contribution is -2.06. The van der Waals surface area contributed by atoms with Gasteiger partial charge in [0.25, 0.3) is 0 Å². The summed E-state index contributed by atoms with van der Waals surface area (Å²) in [6.07, 6.45) is 6.28. The summed E-state index contributed by atoms with van der Waals surface area (Å²) in [5.74, 6) is 0.641. The summed E-state index contributed by atoms with van der Waals surface area (Å²) in [7, 11) is 1.64. The summed E-state index contributed by atoms with van der Waals surface area (Å²) >= 11 is 0. The molecule has 3 aromatic rings. The fraction of sp³-hybridized carbons (Fsp3) is 0.381. The Kier molecular flexibility index (Phi) is 4.90. The number of fused-ring (bicyclic) bond motifs is 1. The van der Waals surface area contributed by atoms with Crippen molar-refractivity contribution in [2.45, 2.75) is 33.1 Å². The Bertz CT molecular complexity index is 965. The van der Waals surface area contributed by atoms with Gasteiger partial charge in [0, 0.05) is 35.0 Å². The van der Waals surface area contributed by atoms with Crippen LogP contribution in [0.15, 0.2) is 30.6 Å². The summed E-state index contributed by atoms with van der Waals surface area (Å²) in [5.41, 5.74) is 7.59. The maximum atomic E-state index is 5.73. The van der Waals surface area contributed by atoms with E-state index in [9.17, 15) is 0 Å². The van der Waals surface area contributed by atoms with E-state index >= 15 is 0 Å². The first-order valence-electron chi connectivity index (χ1n) is 9.36. The van der Waals surface area contributed by atoms with Crippen LogP contribution >= 0.6 is 0 Å². The van der Waals surface area contributed by atoms with Crippen LogP contribution in [0.2, 0.25) is 0 Å². The van der Waals surface area contributed by atoms with Crippen molar-refractivity contribution in [1.82, 2.24) is 19.7 Å². The van der Waals surface area contributed by atoms with Gasteiger partial charge in [0.05, 0.1) is 43.6 Å². The van der Waals surface area contributed by atoms with Crippen LogP contribution in [0.1, 0.15) is 29.4 Å². The zero-order valence-corrected chi connectivity index (χ0v) is 16.0. The monoisotopic (exact) mass is 364 g/mol. The molecule has 3 aromatic heterocycles. The molecule has 0 spiro atoms. The highest BCUT2D eigenvalue weighted by atomic mass is 16.5. The molecule has 27 heavy (non-hydrogen) atoms. The maximum absolute atomic E-state index is 5.73. The van der Waals surface area contributed by atoms with Gasteiger partial charge in [0.1, 0.15) is 0 Å². The molecule has 0 radical (unpaired) electrons. The lowest BCUT2D eigenvalue weighted by atomic mass is 10.0. The van der Waals surface area contributed by atoms with E-state index in [1.165, 1.54) is 11.3 Å². The van der Waals surface area contributed by atoms with Gasteiger partial charge in [-0.15, -0.1) is 0 Å². The standard InChI is InChI=1S/C21H24N4O2/c1-4-16-12-15(5-8-22-16)20-18-6-9-27-10-7-19(18)25(24-20)17-11-14(2)21(26-3)23-13-17/h5,8,11-13H,4,6-7,9-10H2,1-3H3. The molecule has 0 saturated heterocycles. The third-order valence-electron chi connectivity index (χ3n) is 4.98. The van der Waals surface area contributed by atoms with Crippen LogP contribution in [0, 0.1) is 6.92 Å². The number of aryl methyl sites for hydroxylation is 2. The number of ether oxygens (including phenoxy) is 2. The van der Waals surface area contributed by atoms with Crippen LogP contribution in [0.3, 0.4) is 0 Å². The second-order valence-corrected chi connectivity index (χ2v) is 6.71. The second kappa shape index (κ2) is 7.48. The highest BCUT2D eigenvalue weighted by molar-refractivity contribution is 5.65. The van der Waals surface area contributed by atoms with E-state index in [4.69, 9.17) is 14.6 Å². The van der Waals surface area contributed by atoms with Gasteiger partial charge < -0.3 is 9.47 Å². The summed E-state index contributed by atoms with van der Waals surface area (Å²) < 4.78 is 13.1. The molecule has 0 aromatic carbocycles. The Hall–Kier alpha value is -2.73. The van der Waals surface area contributed by atoms with Gasteiger partial charge in [-0.2, -0.15) is 5.10 Å². The molecule has 1 aliphatic heterocycles. The topological polar surface area (TPSA) is 62.1 Å². The van der Waals surface area contributed by atoms with Gasteiger partial charge in [0.15, 0.2) is 0 Å². The largest absolute Gasteiger partial charge is 0.481 e. The lowest BCUT2D eigenvalue weighted by Gasteiger charge is -2.09. The average molecular weight is 364 g/mol. The third-order valence-corrected chi connectivity index (χ3v) is 4.98. The molecule has 0 amide bonds. The molecule has 4 heterocycles. The zero-order valence-electron chi connectivity index (χ0n) is 16.0. The van der Waals surface area contributed by atoms with E-state index in [0.717, 1.165) is 54.1 Å². The van der Waals surface area contributed by atoms with E-state index in [1.807, 2.05) is 30.1 Å². The van der Waals surface area contributed by atoms with Crippen LogP contribution in [-0.2, 0) is 24.0 Å². The Morgan fingerprint density at radius 2 is 2.04 bits per heavy atom. The number of hydrogen-bond donors (Lipinski definition) is 0. The quantitative estimate of drug-likeness (QED) is 0.711. The van der Waals surface area contributed by atoms with Gasteiger partial charge >= 0.3 is 0 Å². The van der Waals surface area contributed by atoms with Crippen LogP contribution in [0.25, 0.3) is 16.9 Å².